The molecule has 0 aliphatic carbocycles. The van der Waals surface area contributed by atoms with Crippen molar-refractivity contribution in [2.75, 3.05) is 11.9 Å². The van der Waals surface area contributed by atoms with Crippen molar-refractivity contribution < 1.29 is 0 Å². The van der Waals surface area contributed by atoms with Crippen LogP contribution in [0.3, 0.4) is 0 Å². The van der Waals surface area contributed by atoms with E-state index < -0.39 is 0 Å². The summed E-state index contributed by atoms with van der Waals surface area (Å²) in [7, 11) is 2.09. The molecule has 0 bridgehead atoms. The van der Waals surface area contributed by atoms with E-state index >= 15 is 0 Å². The van der Waals surface area contributed by atoms with Crippen LogP contribution in [0.2, 0.25) is 0 Å². The molecule has 2 aromatic rings. The van der Waals surface area contributed by atoms with E-state index in [0.29, 0.717) is 0 Å². The van der Waals surface area contributed by atoms with Crippen LogP contribution in [0.25, 0.3) is 0 Å². The highest BCUT2D eigenvalue weighted by Gasteiger charge is 2.11. The van der Waals surface area contributed by atoms with Crippen molar-refractivity contribution in [2.45, 2.75) is 39.4 Å². The summed E-state index contributed by atoms with van der Waals surface area (Å²) in [5.41, 5.74) is 2.59. The Bertz CT molecular complexity index is 497. The van der Waals surface area contributed by atoms with Crippen molar-refractivity contribution in [3.05, 3.63) is 33.5 Å². The number of nitrogens with zero attached hydrogens (tertiary/aromatic N) is 2. The van der Waals surface area contributed by atoms with E-state index in [1.165, 1.54) is 5.56 Å². The molecule has 0 aliphatic heterocycles. The number of hydrogen-bond acceptors (Lipinski definition) is 5. The second-order valence-electron chi connectivity index (χ2n) is 5.71. The first-order chi connectivity index (χ1) is 8.94. The third-order valence-corrected chi connectivity index (χ3v) is 4.40. The van der Waals surface area contributed by atoms with Crippen molar-refractivity contribution >= 4 is 27.8 Å². The topological polar surface area (TPSA) is 28.2 Å². The average Bonchev–Trinajstić information content (AvgIpc) is 2.95. The fourth-order valence-electron chi connectivity index (χ4n) is 1.63. The molecule has 2 rings (SSSR count). The summed E-state index contributed by atoms with van der Waals surface area (Å²) >= 11 is 3.45. The van der Waals surface area contributed by atoms with Crippen LogP contribution < -0.4 is 10.2 Å². The number of rotatable bonds is 5. The molecular formula is C14H21N3S2. The highest BCUT2D eigenvalue weighted by atomic mass is 32.1. The molecule has 19 heavy (non-hydrogen) atoms. The van der Waals surface area contributed by atoms with Crippen molar-refractivity contribution in [1.29, 1.82) is 0 Å². The molecule has 3 nitrogen and oxygen atoms in total. The predicted octanol–water partition coefficient (Wildman–Crippen LogP) is 3.73. The van der Waals surface area contributed by atoms with Crippen LogP contribution in [-0.2, 0) is 13.1 Å². The Kier molecular flexibility index (Phi) is 4.60. The van der Waals surface area contributed by atoms with E-state index in [1.807, 2.05) is 0 Å². The maximum Gasteiger partial charge on any atom is 0.185 e. The first kappa shape index (κ1) is 14.5. The van der Waals surface area contributed by atoms with E-state index in [4.69, 9.17) is 0 Å². The standard InChI is InChI=1S/C14H21N3S2/c1-14(2,3)15-7-12-10-19-13(16-12)17(4)8-11-5-6-18-9-11/h5-6,9-10,15H,7-8H2,1-4H3. The smallest absolute Gasteiger partial charge is 0.185 e. The molecule has 0 aliphatic rings. The molecule has 0 saturated heterocycles. The van der Waals surface area contributed by atoms with E-state index in [0.717, 1.165) is 23.9 Å². The van der Waals surface area contributed by atoms with Gasteiger partial charge < -0.3 is 10.2 Å². The van der Waals surface area contributed by atoms with Gasteiger partial charge in [-0.1, -0.05) is 0 Å². The van der Waals surface area contributed by atoms with Crippen molar-refractivity contribution in [3.63, 3.8) is 0 Å². The second-order valence-corrected chi connectivity index (χ2v) is 7.33. The zero-order valence-corrected chi connectivity index (χ0v) is 13.6. The fourth-order valence-corrected chi connectivity index (χ4v) is 3.08. The summed E-state index contributed by atoms with van der Waals surface area (Å²) in [6, 6.07) is 2.16. The molecule has 2 aromatic heterocycles. The molecule has 0 atom stereocenters. The lowest BCUT2D eigenvalue weighted by molar-refractivity contribution is 0.422. The van der Waals surface area contributed by atoms with Crippen LogP contribution in [-0.4, -0.2) is 17.6 Å². The molecule has 104 valence electrons. The van der Waals surface area contributed by atoms with Gasteiger partial charge in [-0.2, -0.15) is 11.3 Å². The Morgan fingerprint density at radius 2 is 2.11 bits per heavy atom. The fraction of sp³-hybridized carbons (Fsp3) is 0.500. The largest absolute Gasteiger partial charge is 0.347 e. The van der Waals surface area contributed by atoms with Gasteiger partial charge in [0.1, 0.15) is 0 Å². The van der Waals surface area contributed by atoms with Crippen molar-refractivity contribution in [1.82, 2.24) is 10.3 Å². The third-order valence-electron chi connectivity index (χ3n) is 2.67. The van der Waals surface area contributed by atoms with Gasteiger partial charge in [-0.3, -0.25) is 0 Å². The zero-order chi connectivity index (χ0) is 13.9. The highest BCUT2D eigenvalue weighted by molar-refractivity contribution is 7.13. The number of aromatic nitrogens is 1. The number of thiazole rings is 1. The van der Waals surface area contributed by atoms with E-state index in [-0.39, 0.29) is 5.54 Å². The van der Waals surface area contributed by atoms with Gasteiger partial charge >= 0.3 is 0 Å². The van der Waals surface area contributed by atoms with Gasteiger partial charge in [-0.15, -0.1) is 11.3 Å². The summed E-state index contributed by atoms with van der Waals surface area (Å²) in [6.07, 6.45) is 0. The lowest BCUT2D eigenvalue weighted by Crippen LogP contribution is -2.35. The molecule has 0 unspecified atom stereocenters. The van der Waals surface area contributed by atoms with Gasteiger partial charge in [-0.05, 0) is 43.2 Å². The second kappa shape index (κ2) is 6.03. The molecule has 0 radical (unpaired) electrons. The van der Waals surface area contributed by atoms with Gasteiger partial charge in [0, 0.05) is 31.1 Å². The zero-order valence-electron chi connectivity index (χ0n) is 11.9. The molecule has 1 N–H and O–H groups in total. The molecule has 5 heteroatoms. The Balaban J connectivity index is 1.92. The van der Waals surface area contributed by atoms with E-state index in [9.17, 15) is 0 Å². The number of thiophene rings is 1. The summed E-state index contributed by atoms with van der Waals surface area (Å²) < 4.78 is 0. The first-order valence-electron chi connectivity index (χ1n) is 6.36. The Morgan fingerprint density at radius 1 is 1.32 bits per heavy atom. The Hall–Kier alpha value is -0.910. The van der Waals surface area contributed by atoms with Gasteiger partial charge in [0.2, 0.25) is 0 Å². The van der Waals surface area contributed by atoms with Crippen LogP contribution in [0, 0.1) is 0 Å². The van der Waals surface area contributed by atoms with Gasteiger partial charge in [0.25, 0.3) is 0 Å². The van der Waals surface area contributed by atoms with Crippen LogP contribution in [0.1, 0.15) is 32.0 Å². The van der Waals surface area contributed by atoms with E-state index in [2.05, 4.69) is 65.2 Å². The van der Waals surface area contributed by atoms with Crippen LogP contribution >= 0.6 is 22.7 Å². The maximum absolute atomic E-state index is 4.68. The van der Waals surface area contributed by atoms with Crippen molar-refractivity contribution in [3.8, 4) is 0 Å². The Labute approximate surface area is 123 Å². The monoisotopic (exact) mass is 295 g/mol. The lowest BCUT2D eigenvalue weighted by atomic mass is 10.1. The molecule has 0 amide bonds. The predicted molar refractivity (Wildman–Crippen MR) is 85.1 cm³/mol. The summed E-state index contributed by atoms with van der Waals surface area (Å²) in [5, 5.41) is 11.0. The molecule has 0 spiro atoms. The number of anilines is 1. The van der Waals surface area contributed by atoms with E-state index in [1.54, 1.807) is 22.7 Å². The minimum atomic E-state index is 0.131. The van der Waals surface area contributed by atoms with Crippen LogP contribution in [0.4, 0.5) is 5.13 Å². The number of hydrogen-bond donors (Lipinski definition) is 1. The summed E-state index contributed by atoms with van der Waals surface area (Å²) in [4.78, 5) is 6.88. The van der Waals surface area contributed by atoms with Crippen LogP contribution in [0.5, 0.6) is 0 Å². The van der Waals surface area contributed by atoms with Gasteiger partial charge in [0.15, 0.2) is 5.13 Å². The van der Waals surface area contributed by atoms with Gasteiger partial charge in [0.05, 0.1) is 5.69 Å². The molecule has 0 fully saturated rings. The lowest BCUT2D eigenvalue weighted by Gasteiger charge is -2.19. The summed E-state index contributed by atoms with van der Waals surface area (Å²) in [6.45, 7) is 8.25. The minimum Gasteiger partial charge on any atom is -0.347 e. The maximum atomic E-state index is 4.68. The third kappa shape index (κ3) is 4.60. The SMILES string of the molecule is CN(Cc1ccsc1)c1nc(CNC(C)(C)C)cs1. The molecule has 2 heterocycles. The molecule has 0 aromatic carbocycles. The Morgan fingerprint density at radius 3 is 2.74 bits per heavy atom. The summed E-state index contributed by atoms with van der Waals surface area (Å²) in [5.74, 6) is 0. The first-order valence-corrected chi connectivity index (χ1v) is 8.18. The minimum absolute atomic E-state index is 0.131. The van der Waals surface area contributed by atoms with Crippen molar-refractivity contribution in [2.24, 2.45) is 0 Å². The van der Waals surface area contributed by atoms with Crippen LogP contribution in [0.15, 0.2) is 22.2 Å². The normalized spacial score (nSPS) is 11.8. The molecular weight excluding hydrogens is 274 g/mol. The molecule has 0 saturated carbocycles. The number of nitrogens with one attached hydrogen (secondary N) is 1. The average molecular weight is 295 g/mol. The van der Waals surface area contributed by atoms with Gasteiger partial charge in [-0.25, -0.2) is 4.98 Å². The highest BCUT2D eigenvalue weighted by Crippen LogP contribution is 2.22. The quantitative estimate of drug-likeness (QED) is 0.911.